The zero-order valence-electron chi connectivity index (χ0n) is 12.4. The molecule has 0 saturated carbocycles. The summed E-state index contributed by atoms with van der Waals surface area (Å²) in [5.74, 6) is 2.37. The first kappa shape index (κ1) is 14.3. The summed E-state index contributed by atoms with van der Waals surface area (Å²) in [7, 11) is 0. The standard InChI is InChI=1S/C13H10N2O.C4H10/c1-9-14-7-6-11(15-9)13-8-10-4-2-3-5-12(10)16-13;1-4(2)3/h2-8H,1H3;4H,1-3H3. The van der Waals surface area contributed by atoms with Crippen molar-refractivity contribution >= 4 is 11.0 Å². The van der Waals surface area contributed by atoms with Crippen molar-refractivity contribution in [3.8, 4) is 11.5 Å². The fourth-order valence-electron chi connectivity index (χ4n) is 1.70. The third-order valence-electron chi connectivity index (χ3n) is 2.45. The average molecular weight is 268 g/mol. The summed E-state index contributed by atoms with van der Waals surface area (Å²) < 4.78 is 5.72. The van der Waals surface area contributed by atoms with Crippen LogP contribution in [0.3, 0.4) is 0 Å². The van der Waals surface area contributed by atoms with Gasteiger partial charge in [0, 0.05) is 11.6 Å². The predicted octanol–water partition coefficient (Wildman–Crippen LogP) is 4.86. The average Bonchev–Trinajstić information content (AvgIpc) is 2.82. The lowest BCUT2D eigenvalue weighted by Gasteiger charge is -1.95. The topological polar surface area (TPSA) is 38.9 Å². The van der Waals surface area contributed by atoms with Crippen LogP contribution in [-0.2, 0) is 0 Å². The Bertz CT molecular complexity index is 650. The molecule has 3 heteroatoms. The van der Waals surface area contributed by atoms with Gasteiger partial charge in [-0.2, -0.15) is 0 Å². The smallest absolute Gasteiger partial charge is 0.153 e. The van der Waals surface area contributed by atoms with E-state index in [0.29, 0.717) is 0 Å². The largest absolute Gasteiger partial charge is 0.454 e. The molecule has 3 nitrogen and oxygen atoms in total. The highest BCUT2D eigenvalue weighted by atomic mass is 16.3. The first-order valence-corrected chi connectivity index (χ1v) is 6.85. The third kappa shape index (κ3) is 3.67. The van der Waals surface area contributed by atoms with Crippen molar-refractivity contribution < 1.29 is 4.42 Å². The summed E-state index contributed by atoms with van der Waals surface area (Å²) in [6.07, 6.45) is 1.74. The van der Waals surface area contributed by atoms with Crippen LogP contribution in [0.4, 0.5) is 0 Å². The number of fused-ring (bicyclic) bond motifs is 1. The van der Waals surface area contributed by atoms with Crippen LogP contribution in [0.15, 0.2) is 47.0 Å². The molecule has 2 aromatic heterocycles. The first-order valence-electron chi connectivity index (χ1n) is 6.85. The SMILES string of the molecule is CC(C)C.Cc1nccc(-c2cc3ccccc3o2)n1. The summed E-state index contributed by atoms with van der Waals surface area (Å²) in [4.78, 5) is 8.40. The molecule has 0 amide bonds. The van der Waals surface area contributed by atoms with Crippen LogP contribution in [0.2, 0.25) is 0 Å². The van der Waals surface area contributed by atoms with Crippen LogP contribution in [0.5, 0.6) is 0 Å². The quantitative estimate of drug-likeness (QED) is 0.632. The van der Waals surface area contributed by atoms with Crippen molar-refractivity contribution in [2.24, 2.45) is 5.92 Å². The van der Waals surface area contributed by atoms with E-state index in [1.54, 1.807) is 6.20 Å². The number of nitrogens with zero attached hydrogens (tertiary/aromatic N) is 2. The molecule has 0 bridgehead atoms. The minimum atomic E-state index is 0.748. The second-order valence-electron chi connectivity index (χ2n) is 5.37. The Balaban J connectivity index is 0.000000328. The molecule has 0 saturated heterocycles. The summed E-state index contributed by atoms with van der Waals surface area (Å²) >= 11 is 0. The van der Waals surface area contributed by atoms with Crippen molar-refractivity contribution in [1.29, 1.82) is 0 Å². The molecule has 3 rings (SSSR count). The molecule has 20 heavy (non-hydrogen) atoms. The lowest BCUT2D eigenvalue weighted by atomic mass is 10.2. The summed E-state index contributed by atoms with van der Waals surface area (Å²) in [6.45, 7) is 8.37. The molecular formula is C17H20N2O. The van der Waals surface area contributed by atoms with Gasteiger partial charge in [-0.25, -0.2) is 9.97 Å². The number of hydrogen-bond donors (Lipinski definition) is 0. The van der Waals surface area contributed by atoms with Gasteiger partial charge >= 0.3 is 0 Å². The zero-order chi connectivity index (χ0) is 14.5. The molecule has 1 aromatic carbocycles. The van der Waals surface area contributed by atoms with Gasteiger partial charge in [0.25, 0.3) is 0 Å². The summed E-state index contributed by atoms with van der Waals surface area (Å²) in [5.41, 5.74) is 1.71. The number of benzene rings is 1. The zero-order valence-corrected chi connectivity index (χ0v) is 12.4. The van der Waals surface area contributed by atoms with Crippen LogP contribution in [0.1, 0.15) is 26.6 Å². The maximum absolute atomic E-state index is 5.72. The fourth-order valence-corrected chi connectivity index (χ4v) is 1.70. The Hall–Kier alpha value is -2.16. The number of hydrogen-bond acceptors (Lipinski definition) is 3. The Morgan fingerprint density at radius 1 is 1.05 bits per heavy atom. The molecule has 0 N–H and O–H groups in total. The number of para-hydroxylation sites is 1. The van der Waals surface area contributed by atoms with Gasteiger partial charge in [0.2, 0.25) is 0 Å². The van der Waals surface area contributed by atoms with Crippen LogP contribution in [0.25, 0.3) is 22.4 Å². The maximum atomic E-state index is 5.72. The number of furan rings is 1. The second kappa shape index (κ2) is 6.33. The Labute approximate surface area is 119 Å². The molecule has 0 aliphatic rings. The molecule has 0 radical (unpaired) electrons. The van der Waals surface area contributed by atoms with Crippen molar-refractivity contribution in [1.82, 2.24) is 9.97 Å². The van der Waals surface area contributed by atoms with Gasteiger partial charge in [-0.3, -0.25) is 0 Å². The van der Waals surface area contributed by atoms with Gasteiger partial charge in [-0.1, -0.05) is 39.0 Å². The molecule has 0 spiro atoms. The number of aryl methyl sites for hydroxylation is 1. The van der Waals surface area contributed by atoms with E-state index in [1.165, 1.54) is 0 Å². The summed E-state index contributed by atoms with van der Waals surface area (Å²) in [6, 6.07) is 11.8. The molecule has 0 aliphatic carbocycles. The maximum Gasteiger partial charge on any atom is 0.153 e. The van der Waals surface area contributed by atoms with E-state index in [9.17, 15) is 0 Å². The Morgan fingerprint density at radius 2 is 1.75 bits per heavy atom. The van der Waals surface area contributed by atoms with Crippen LogP contribution < -0.4 is 0 Å². The molecule has 0 aliphatic heterocycles. The van der Waals surface area contributed by atoms with Gasteiger partial charge in [-0.15, -0.1) is 0 Å². The highest BCUT2D eigenvalue weighted by Crippen LogP contribution is 2.25. The van der Waals surface area contributed by atoms with E-state index < -0.39 is 0 Å². The third-order valence-corrected chi connectivity index (χ3v) is 2.45. The van der Waals surface area contributed by atoms with Gasteiger partial charge in [0.05, 0.1) is 0 Å². The molecule has 0 fully saturated rings. The molecule has 2 heterocycles. The first-order chi connectivity index (χ1) is 9.56. The van der Waals surface area contributed by atoms with Crippen molar-refractivity contribution in [3.05, 3.63) is 48.4 Å². The van der Waals surface area contributed by atoms with E-state index in [0.717, 1.165) is 34.2 Å². The Morgan fingerprint density at radius 3 is 2.40 bits per heavy atom. The van der Waals surface area contributed by atoms with Gasteiger partial charge in [0.15, 0.2) is 5.76 Å². The lowest BCUT2D eigenvalue weighted by Crippen LogP contribution is -1.87. The van der Waals surface area contributed by atoms with E-state index in [-0.39, 0.29) is 0 Å². The van der Waals surface area contributed by atoms with Gasteiger partial charge in [0.1, 0.15) is 17.1 Å². The number of rotatable bonds is 1. The van der Waals surface area contributed by atoms with Gasteiger partial charge < -0.3 is 4.42 Å². The molecule has 0 atom stereocenters. The van der Waals surface area contributed by atoms with E-state index in [2.05, 4.69) is 30.7 Å². The Kier molecular flexibility index (Phi) is 4.51. The van der Waals surface area contributed by atoms with E-state index in [1.807, 2.05) is 43.3 Å². The molecule has 3 aromatic rings. The van der Waals surface area contributed by atoms with E-state index in [4.69, 9.17) is 4.42 Å². The van der Waals surface area contributed by atoms with E-state index >= 15 is 0 Å². The highest BCUT2D eigenvalue weighted by Gasteiger charge is 2.06. The minimum Gasteiger partial charge on any atom is -0.454 e. The van der Waals surface area contributed by atoms with Gasteiger partial charge in [-0.05, 0) is 31.0 Å². The van der Waals surface area contributed by atoms with Crippen molar-refractivity contribution in [2.45, 2.75) is 27.7 Å². The predicted molar refractivity (Wildman–Crippen MR) is 82.5 cm³/mol. The van der Waals surface area contributed by atoms with Crippen LogP contribution >= 0.6 is 0 Å². The molecular weight excluding hydrogens is 248 g/mol. The van der Waals surface area contributed by atoms with Crippen LogP contribution in [0, 0.1) is 12.8 Å². The number of aromatic nitrogens is 2. The highest BCUT2D eigenvalue weighted by molar-refractivity contribution is 5.81. The molecule has 104 valence electrons. The van der Waals surface area contributed by atoms with Crippen molar-refractivity contribution in [3.63, 3.8) is 0 Å². The summed E-state index contributed by atoms with van der Waals surface area (Å²) in [5, 5.41) is 1.09. The molecule has 0 unspecified atom stereocenters. The minimum absolute atomic E-state index is 0.748. The fraction of sp³-hybridized carbons (Fsp3) is 0.294. The van der Waals surface area contributed by atoms with Crippen LogP contribution in [-0.4, -0.2) is 9.97 Å². The lowest BCUT2D eigenvalue weighted by molar-refractivity contribution is 0.628. The normalized spacial score (nSPS) is 10.4. The second-order valence-corrected chi connectivity index (χ2v) is 5.37. The monoisotopic (exact) mass is 268 g/mol. The van der Waals surface area contributed by atoms with Crippen molar-refractivity contribution in [2.75, 3.05) is 0 Å².